The fraction of sp³-hybridized carbons (Fsp3) is 0.902. The predicted octanol–water partition coefficient (Wildman–Crippen LogP) is 9.62. The third-order valence-electron chi connectivity index (χ3n) is 8.84. The highest BCUT2D eigenvalue weighted by Crippen LogP contribution is 2.27. The minimum absolute atomic E-state index is 0.0177. The van der Waals surface area contributed by atoms with Gasteiger partial charge in [0.1, 0.15) is 0 Å². The van der Waals surface area contributed by atoms with Crippen LogP contribution in [0.25, 0.3) is 0 Å². The Morgan fingerprint density at radius 3 is 1.18 bits per heavy atom. The molecule has 0 atom stereocenters. The lowest BCUT2D eigenvalue weighted by molar-refractivity contribution is -0.191. The molecule has 0 aliphatic carbocycles. The van der Waals surface area contributed by atoms with Gasteiger partial charge in [0.25, 0.3) is 0 Å². The van der Waals surface area contributed by atoms with Crippen LogP contribution < -0.4 is 0 Å². The topological polar surface area (TPSA) is 108 Å². The van der Waals surface area contributed by atoms with Crippen LogP contribution in [0.2, 0.25) is 0 Å². The Labute approximate surface area is 306 Å². The minimum Gasteiger partial charge on any atom is -0.466 e. The predicted molar refractivity (Wildman–Crippen MR) is 202 cm³/mol. The zero-order chi connectivity index (χ0) is 37.6. The first kappa shape index (κ1) is 47.8. The lowest BCUT2D eigenvalue weighted by atomic mass is 9.94. The number of nitrogens with zero attached hydrogens (tertiary/aromatic N) is 1. The number of carbonyl (C=O) groups excluding carboxylic acids is 4. The van der Waals surface area contributed by atoms with Crippen molar-refractivity contribution in [3.63, 3.8) is 0 Å². The molecule has 0 aromatic carbocycles. The van der Waals surface area contributed by atoms with Crippen LogP contribution in [0.4, 0.5) is 0 Å². The highest BCUT2D eigenvalue weighted by Gasteiger charge is 2.49. The second-order valence-corrected chi connectivity index (χ2v) is 15.8. The molecular weight excluding hydrogens is 634 g/mol. The molecule has 0 spiro atoms. The summed E-state index contributed by atoms with van der Waals surface area (Å²) in [6.45, 7) is 14.2. The zero-order valence-corrected chi connectivity index (χ0v) is 33.6. The van der Waals surface area contributed by atoms with Crippen molar-refractivity contribution >= 4 is 23.9 Å². The largest absolute Gasteiger partial charge is 0.466 e. The number of hydrogen-bond donors (Lipinski definition) is 0. The summed E-state index contributed by atoms with van der Waals surface area (Å²) in [7, 11) is 3.64. The van der Waals surface area contributed by atoms with Crippen molar-refractivity contribution < 1.29 is 38.1 Å². The number of carbonyl (C=O) groups is 4. The maximum Gasteiger partial charge on any atom is 0.351 e. The van der Waals surface area contributed by atoms with Gasteiger partial charge in [-0.25, -0.2) is 4.79 Å². The third-order valence-corrected chi connectivity index (χ3v) is 8.84. The van der Waals surface area contributed by atoms with Gasteiger partial charge in [-0.15, -0.1) is 0 Å². The quantitative estimate of drug-likeness (QED) is 0.0374. The van der Waals surface area contributed by atoms with Crippen LogP contribution in [0.3, 0.4) is 0 Å². The highest BCUT2D eigenvalue weighted by molar-refractivity contribution is 5.92. The minimum atomic E-state index is -2.15. The van der Waals surface area contributed by atoms with Crippen molar-refractivity contribution in [2.75, 3.05) is 40.5 Å². The number of unbranched alkanes of at least 4 members (excludes halogenated alkanes) is 12. The lowest BCUT2D eigenvalue weighted by Gasteiger charge is -2.30. The van der Waals surface area contributed by atoms with Gasteiger partial charge >= 0.3 is 23.9 Å². The van der Waals surface area contributed by atoms with Crippen molar-refractivity contribution in [1.82, 2.24) is 4.90 Å². The van der Waals surface area contributed by atoms with E-state index in [1.165, 1.54) is 38.5 Å². The molecule has 0 aromatic heterocycles. The Balaban J connectivity index is 5.48. The summed E-state index contributed by atoms with van der Waals surface area (Å²) in [5, 5.41) is 0. The first-order chi connectivity index (χ1) is 23.8. The van der Waals surface area contributed by atoms with Crippen LogP contribution in [0.1, 0.15) is 176 Å². The summed E-state index contributed by atoms with van der Waals surface area (Å²) in [5.74, 6) is -0.934. The monoisotopic (exact) mass is 712 g/mol. The molecule has 0 saturated heterocycles. The van der Waals surface area contributed by atoms with Crippen LogP contribution in [0.15, 0.2) is 0 Å². The van der Waals surface area contributed by atoms with Gasteiger partial charge in [-0.05, 0) is 51.1 Å². The van der Waals surface area contributed by atoms with E-state index in [-0.39, 0.29) is 26.2 Å². The van der Waals surface area contributed by atoms with Crippen LogP contribution >= 0.6 is 0 Å². The number of hydrogen-bond acceptors (Lipinski definition) is 9. The molecule has 9 nitrogen and oxygen atoms in total. The van der Waals surface area contributed by atoms with Crippen molar-refractivity contribution in [2.24, 2.45) is 17.8 Å². The summed E-state index contributed by atoms with van der Waals surface area (Å²) >= 11 is 0. The molecule has 0 aliphatic heterocycles. The van der Waals surface area contributed by atoms with Crippen molar-refractivity contribution in [3.8, 4) is 0 Å². The van der Waals surface area contributed by atoms with E-state index in [0.717, 1.165) is 57.8 Å². The molecule has 50 heavy (non-hydrogen) atoms. The van der Waals surface area contributed by atoms with E-state index in [1.807, 2.05) is 19.0 Å². The zero-order valence-electron chi connectivity index (χ0n) is 33.6. The third kappa shape index (κ3) is 28.5. The molecule has 0 N–H and O–H groups in total. The van der Waals surface area contributed by atoms with E-state index >= 15 is 0 Å². The van der Waals surface area contributed by atoms with Crippen LogP contribution in [-0.2, 0) is 38.1 Å². The van der Waals surface area contributed by atoms with Gasteiger partial charge in [0, 0.05) is 6.54 Å². The van der Waals surface area contributed by atoms with Gasteiger partial charge in [0.05, 0.1) is 39.1 Å². The smallest absolute Gasteiger partial charge is 0.351 e. The normalized spacial score (nSPS) is 11.8. The average Bonchev–Trinajstić information content (AvgIpc) is 3.03. The molecule has 0 bridgehead atoms. The van der Waals surface area contributed by atoms with E-state index in [9.17, 15) is 19.2 Å². The average molecular weight is 712 g/mol. The summed E-state index contributed by atoms with van der Waals surface area (Å²) in [4.78, 5) is 55.0. The van der Waals surface area contributed by atoms with E-state index in [4.69, 9.17) is 18.9 Å². The molecule has 0 rings (SSSR count). The summed E-state index contributed by atoms with van der Waals surface area (Å²) in [6.07, 6.45) is 17.3. The number of esters is 4. The van der Waals surface area contributed by atoms with Crippen molar-refractivity contribution in [3.05, 3.63) is 0 Å². The van der Waals surface area contributed by atoms with E-state index in [0.29, 0.717) is 43.6 Å². The Hall–Kier alpha value is -2.16. The molecule has 0 heterocycles. The fourth-order valence-corrected chi connectivity index (χ4v) is 5.70. The van der Waals surface area contributed by atoms with Gasteiger partial charge in [-0.2, -0.15) is 0 Å². The highest BCUT2D eigenvalue weighted by atomic mass is 16.6. The standard InChI is InChI=1S/C41H77NO8/c1-34(2)24-18-12-9-15-21-29-47-38(44)32-41(50-37(43)27-28-42(7)8,40(46)49-31-23-17-11-14-20-26-36(5)6)33-39(45)48-30-22-16-10-13-19-25-35(3)4/h34-36H,9-33H2,1-8H3. The summed E-state index contributed by atoms with van der Waals surface area (Å²) in [5.41, 5.74) is -2.15. The Kier molecular flexibility index (Phi) is 29.1. The molecule has 9 heteroatoms. The van der Waals surface area contributed by atoms with Gasteiger partial charge in [-0.3, -0.25) is 14.4 Å². The SMILES string of the molecule is CC(C)CCCCCCCOC(=O)CC(CC(=O)OCCCCCCCC(C)C)(OC(=O)CCN(C)C)C(=O)OCCCCCCCC(C)C. The van der Waals surface area contributed by atoms with Crippen molar-refractivity contribution in [2.45, 2.75) is 182 Å². The van der Waals surface area contributed by atoms with Gasteiger partial charge in [0.15, 0.2) is 0 Å². The number of rotatable bonds is 33. The van der Waals surface area contributed by atoms with Gasteiger partial charge in [-0.1, -0.05) is 138 Å². The maximum atomic E-state index is 13.7. The first-order valence-corrected chi connectivity index (χ1v) is 20.1. The molecule has 0 saturated carbocycles. The second-order valence-electron chi connectivity index (χ2n) is 15.8. The second kappa shape index (κ2) is 30.5. The molecular formula is C41H77NO8. The Morgan fingerprint density at radius 2 is 0.820 bits per heavy atom. The molecule has 0 aromatic rings. The summed E-state index contributed by atoms with van der Waals surface area (Å²) < 4.78 is 22.4. The van der Waals surface area contributed by atoms with E-state index in [2.05, 4.69) is 41.5 Å². The van der Waals surface area contributed by atoms with Crippen LogP contribution in [0, 0.1) is 17.8 Å². The Morgan fingerprint density at radius 1 is 0.480 bits per heavy atom. The molecule has 0 unspecified atom stereocenters. The molecule has 0 fully saturated rings. The fourth-order valence-electron chi connectivity index (χ4n) is 5.70. The van der Waals surface area contributed by atoms with Gasteiger partial charge in [0.2, 0.25) is 5.60 Å². The number of ether oxygens (including phenoxy) is 4. The Bertz CT molecular complexity index is 848. The molecule has 0 radical (unpaired) electrons. The van der Waals surface area contributed by atoms with E-state index in [1.54, 1.807) is 0 Å². The van der Waals surface area contributed by atoms with Crippen LogP contribution in [0.5, 0.6) is 0 Å². The first-order valence-electron chi connectivity index (χ1n) is 20.1. The van der Waals surface area contributed by atoms with Gasteiger partial charge < -0.3 is 23.8 Å². The summed E-state index contributed by atoms with van der Waals surface area (Å²) in [6, 6.07) is 0. The molecule has 0 aliphatic rings. The molecule has 0 amide bonds. The van der Waals surface area contributed by atoms with E-state index < -0.39 is 42.3 Å². The van der Waals surface area contributed by atoms with Crippen molar-refractivity contribution in [1.29, 1.82) is 0 Å². The maximum absolute atomic E-state index is 13.7. The van der Waals surface area contributed by atoms with Crippen LogP contribution in [-0.4, -0.2) is 74.8 Å². The lowest BCUT2D eigenvalue weighted by Crippen LogP contribution is -2.49. The molecule has 294 valence electrons.